The molecule has 0 bridgehead atoms. The molecule has 0 fully saturated rings. The number of benzene rings is 1. The van der Waals surface area contributed by atoms with Gasteiger partial charge in [-0.05, 0) is 19.1 Å². The summed E-state index contributed by atoms with van der Waals surface area (Å²) in [5, 5.41) is 1.94. The van der Waals surface area contributed by atoms with Crippen LogP contribution in [0.15, 0.2) is 41.3 Å². The normalized spacial score (nSPS) is 11.5. The van der Waals surface area contributed by atoms with Gasteiger partial charge in [-0.1, -0.05) is 12.1 Å². The van der Waals surface area contributed by atoms with Gasteiger partial charge in [0.2, 0.25) is 0 Å². The van der Waals surface area contributed by atoms with Crippen LogP contribution in [0, 0.1) is 6.92 Å². The minimum absolute atomic E-state index is 0.0983. The van der Waals surface area contributed by atoms with Crippen molar-refractivity contribution in [1.29, 1.82) is 0 Å². The zero-order valence-electron chi connectivity index (χ0n) is 7.82. The number of rotatable bonds is 0. The highest BCUT2D eigenvalue weighted by molar-refractivity contribution is 5.96. The fraction of sp³-hybridized carbons (Fsp3) is 0.0833. The van der Waals surface area contributed by atoms with Gasteiger partial charge in [-0.25, -0.2) is 0 Å². The van der Waals surface area contributed by atoms with Crippen LogP contribution in [0.1, 0.15) is 5.69 Å². The van der Waals surface area contributed by atoms with Crippen molar-refractivity contribution in [1.82, 2.24) is 4.40 Å². The van der Waals surface area contributed by atoms with E-state index in [9.17, 15) is 4.79 Å². The molecule has 3 rings (SSSR count). The summed E-state index contributed by atoms with van der Waals surface area (Å²) >= 11 is 0. The first-order valence-corrected chi connectivity index (χ1v) is 4.60. The van der Waals surface area contributed by atoms with Crippen LogP contribution in [0.25, 0.3) is 16.3 Å². The number of aromatic nitrogens is 1. The summed E-state index contributed by atoms with van der Waals surface area (Å²) in [4.78, 5) is 11.6. The second-order valence-corrected chi connectivity index (χ2v) is 3.58. The molecule has 0 spiro atoms. The number of aryl methyl sites for hydroxylation is 1. The molecule has 0 aliphatic heterocycles. The van der Waals surface area contributed by atoms with Crippen molar-refractivity contribution in [2.24, 2.45) is 0 Å². The SMILES string of the molecule is Cc1cc2cccc3c(=O)ccn1c23. The van der Waals surface area contributed by atoms with Crippen LogP contribution >= 0.6 is 0 Å². The average molecular weight is 183 g/mol. The van der Waals surface area contributed by atoms with E-state index in [1.165, 1.54) is 0 Å². The van der Waals surface area contributed by atoms with E-state index in [1.54, 1.807) is 6.07 Å². The van der Waals surface area contributed by atoms with E-state index in [0.29, 0.717) is 0 Å². The summed E-state index contributed by atoms with van der Waals surface area (Å²) in [5.41, 5.74) is 2.30. The average Bonchev–Trinajstić information content (AvgIpc) is 2.50. The van der Waals surface area contributed by atoms with E-state index < -0.39 is 0 Å². The van der Waals surface area contributed by atoms with Crippen LogP contribution in [0.3, 0.4) is 0 Å². The van der Waals surface area contributed by atoms with Crippen molar-refractivity contribution in [3.05, 3.63) is 52.4 Å². The van der Waals surface area contributed by atoms with Crippen LogP contribution in [0.2, 0.25) is 0 Å². The van der Waals surface area contributed by atoms with E-state index in [1.807, 2.05) is 31.3 Å². The molecule has 1 aromatic carbocycles. The molecule has 3 aromatic rings. The second kappa shape index (κ2) is 2.35. The zero-order valence-corrected chi connectivity index (χ0v) is 7.82. The van der Waals surface area contributed by atoms with Gasteiger partial charge in [0.1, 0.15) is 0 Å². The molecule has 2 aromatic heterocycles. The number of pyridine rings is 1. The van der Waals surface area contributed by atoms with Crippen LogP contribution in [-0.2, 0) is 0 Å². The third-order valence-corrected chi connectivity index (χ3v) is 2.69. The first-order chi connectivity index (χ1) is 6.77. The Morgan fingerprint density at radius 3 is 2.93 bits per heavy atom. The van der Waals surface area contributed by atoms with Gasteiger partial charge in [0.15, 0.2) is 5.43 Å². The molecular weight excluding hydrogens is 174 g/mol. The van der Waals surface area contributed by atoms with E-state index in [0.717, 1.165) is 22.0 Å². The number of hydrogen-bond donors (Lipinski definition) is 0. The van der Waals surface area contributed by atoms with E-state index in [2.05, 4.69) is 10.5 Å². The highest BCUT2D eigenvalue weighted by Gasteiger charge is 2.06. The monoisotopic (exact) mass is 183 g/mol. The molecule has 0 atom stereocenters. The third kappa shape index (κ3) is 0.777. The highest BCUT2D eigenvalue weighted by Crippen LogP contribution is 2.21. The smallest absolute Gasteiger partial charge is 0.189 e. The van der Waals surface area contributed by atoms with E-state index in [-0.39, 0.29) is 5.43 Å². The maximum atomic E-state index is 11.6. The molecule has 0 radical (unpaired) electrons. The van der Waals surface area contributed by atoms with Crippen LogP contribution in [0.4, 0.5) is 0 Å². The minimum atomic E-state index is 0.0983. The summed E-state index contributed by atoms with van der Waals surface area (Å²) < 4.78 is 2.06. The molecule has 68 valence electrons. The van der Waals surface area contributed by atoms with Gasteiger partial charge in [-0.15, -0.1) is 0 Å². The lowest BCUT2D eigenvalue weighted by molar-refractivity contribution is 1.11. The van der Waals surface area contributed by atoms with Gasteiger partial charge in [0.05, 0.1) is 5.52 Å². The van der Waals surface area contributed by atoms with Gasteiger partial charge in [-0.2, -0.15) is 0 Å². The Hall–Kier alpha value is -1.83. The van der Waals surface area contributed by atoms with Gasteiger partial charge in [0, 0.05) is 28.7 Å². The summed E-state index contributed by atoms with van der Waals surface area (Å²) in [5.74, 6) is 0. The highest BCUT2D eigenvalue weighted by atomic mass is 16.1. The molecule has 0 amide bonds. The minimum Gasteiger partial charge on any atom is -0.320 e. The zero-order chi connectivity index (χ0) is 9.71. The topological polar surface area (TPSA) is 21.5 Å². The molecule has 0 saturated heterocycles. The van der Waals surface area contributed by atoms with Crippen LogP contribution < -0.4 is 5.43 Å². The Labute approximate surface area is 80.7 Å². The maximum Gasteiger partial charge on any atom is 0.189 e. The first-order valence-electron chi connectivity index (χ1n) is 4.60. The van der Waals surface area contributed by atoms with Crippen molar-refractivity contribution in [3.63, 3.8) is 0 Å². The molecule has 2 heteroatoms. The van der Waals surface area contributed by atoms with Crippen molar-refractivity contribution >= 4 is 16.3 Å². The Kier molecular flexibility index (Phi) is 1.27. The fourth-order valence-corrected chi connectivity index (χ4v) is 2.04. The first kappa shape index (κ1) is 7.56. The van der Waals surface area contributed by atoms with Crippen molar-refractivity contribution in [2.75, 3.05) is 0 Å². The van der Waals surface area contributed by atoms with Crippen LogP contribution in [0.5, 0.6) is 0 Å². The predicted octanol–water partition coefficient (Wildman–Crippen LogP) is 2.20. The standard InChI is InChI=1S/C12H9NO/c1-8-7-9-3-2-4-10-11(14)5-6-13(8)12(9)10/h2-7H,1H3. The van der Waals surface area contributed by atoms with Gasteiger partial charge in [0.25, 0.3) is 0 Å². The summed E-state index contributed by atoms with van der Waals surface area (Å²) in [6.07, 6.45) is 1.84. The second-order valence-electron chi connectivity index (χ2n) is 3.58. The fourth-order valence-electron chi connectivity index (χ4n) is 2.04. The van der Waals surface area contributed by atoms with Crippen molar-refractivity contribution in [3.8, 4) is 0 Å². The van der Waals surface area contributed by atoms with Crippen molar-refractivity contribution < 1.29 is 0 Å². The summed E-state index contributed by atoms with van der Waals surface area (Å²) in [6, 6.07) is 9.56. The lowest BCUT2D eigenvalue weighted by Crippen LogP contribution is -2.01. The summed E-state index contributed by atoms with van der Waals surface area (Å²) in [7, 11) is 0. The predicted molar refractivity (Wildman–Crippen MR) is 57.1 cm³/mol. The Morgan fingerprint density at radius 1 is 1.21 bits per heavy atom. The number of para-hydroxylation sites is 1. The molecule has 0 saturated carbocycles. The maximum absolute atomic E-state index is 11.6. The van der Waals surface area contributed by atoms with Gasteiger partial charge >= 0.3 is 0 Å². The summed E-state index contributed by atoms with van der Waals surface area (Å²) in [6.45, 7) is 2.05. The molecule has 0 unspecified atom stereocenters. The largest absolute Gasteiger partial charge is 0.320 e. The van der Waals surface area contributed by atoms with Crippen molar-refractivity contribution in [2.45, 2.75) is 6.92 Å². The van der Waals surface area contributed by atoms with Gasteiger partial charge in [-0.3, -0.25) is 4.79 Å². The third-order valence-electron chi connectivity index (χ3n) is 2.69. The Morgan fingerprint density at radius 2 is 2.07 bits per heavy atom. The molecule has 0 N–H and O–H groups in total. The number of hydrogen-bond acceptors (Lipinski definition) is 1. The molecule has 0 aliphatic carbocycles. The van der Waals surface area contributed by atoms with Gasteiger partial charge < -0.3 is 4.40 Å². The molecule has 2 nitrogen and oxygen atoms in total. The molecular formula is C12H9NO. The number of nitrogens with zero attached hydrogens (tertiary/aromatic N) is 1. The van der Waals surface area contributed by atoms with E-state index in [4.69, 9.17) is 0 Å². The van der Waals surface area contributed by atoms with E-state index >= 15 is 0 Å². The molecule has 2 heterocycles. The lowest BCUT2D eigenvalue weighted by Gasteiger charge is -1.99. The Bertz CT molecular complexity index is 666. The lowest BCUT2D eigenvalue weighted by atomic mass is 10.2. The molecule has 14 heavy (non-hydrogen) atoms. The van der Waals surface area contributed by atoms with Crippen LogP contribution in [-0.4, -0.2) is 4.40 Å². The Balaban J connectivity index is 2.80. The molecule has 0 aliphatic rings. The quantitative estimate of drug-likeness (QED) is 0.523.